The second-order valence-electron chi connectivity index (χ2n) is 8.91. The van der Waals surface area contributed by atoms with Crippen LogP contribution in [0, 0.1) is 0 Å². The molecule has 0 atom stereocenters. The Hall–Kier alpha value is -3.65. The van der Waals surface area contributed by atoms with Gasteiger partial charge in [-0.15, -0.1) is 0 Å². The van der Waals surface area contributed by atoms with Gasteiger partial charge >= 0.3 is 0 Å². The van der Waals surface area contributed by atoms with Gasteiger partial charge in [-0.3, -0.25) is 9.48 Å². The van der Waals surface area contributed by atoms with Crippen molar-refractivity contribution in [3.8, 4) is 0 Å². The van der Waals surface area contributed by atoms with Crippen molar-refractivity contribution in [3.05, 3.63) is 89.1 Å². The van der Waals surface area contributed by atoms with E-state index in [9.17, 15) is 4.79 Å². The molecule has 33 heavy (non-hydrogen) atoms. The molecule has 1 aliphatic rings. The molecule has 1 N–H and O–H groups in total. The Labute approximate surface area is 194 Å². The van der Waals surface area contributed by atoms with E-state index >= 15 is 0 Å². The molecule has 166 valence electrons. The fourth-order valence-corrected chi connectivity index (χ4v) is 4.27. The highest BCUT2D eigenvalue weighted by molar-refractivity contribution is 6.30. The van der Waals surface area contributed by atoms with Gasteiger partial charge in [0.15, 0.2) is 0 Å². The van der Waals surface area contributed by atoms with Crippen LogP contribution in [0.25, 0.3) is 11.2 Å². The number of halogens is 1. The van der Waals surface area contributed by atoms with Crippen LogP contribution in [0.3, 0.4) is 0 Å². The van der Waals surface area contributed by atoms with Crippen molar-refractivity contribution in [3.63, 3.8) is 0 Å². The Morgan fingerprint density at radius 3 is 2.91 bits per heavy atom. The van der Waals surface area contributed by atoms with Crippen LogP contribution in [0.2, 0.25) is 5.02 Å². The number of fused-ring (bicyclic) bond motifs is 2. The van der Waals surface area contributed by atoms with Gasteiger partial charge in [-0.25, -0.2) is 9.97 Å². The first-order valence-electron chi connectivity index (χ1n) is 10.9. The number of hydrogen-bond acceptors (Lipinski definition) is 4. The minimum Gasteiger partial charge on any atom is -0.346 e. The maximum Gasteiger partial charge on any atom is 0.254 e. The standard InChI is InChI=1S/C24H22ClN7O/c1-24(5-6-24)17-2-3-22-29-19(13-31(22)12-17)14-32-11-16(9-28-32)23(33)26-10-20-21-8-18(25)4-7-30(21)15-27-20/h2-4,7-9,11-13,15H,5-6,10,14H2,1H3,(H,26,33). The van der Waals surface area contributed by atoms with Crippen molar-refractivity contribution in [1.82, 2.24) is 33.9 Å². The van der Waals surface area contributed by atoms with Gasteiger partial charge in [0.05, 0.1) is 48.1 Å². The lowest BCUT2D eigenvalue weighted by Crippen LogP contribution is -2.22. The molecule has 5 aromatic heterocycles. The average Bonchev–Trinajstić information content (AvgIpc) is 3.16. The highest BCUT2D eigenvalue weighted by atomic mass is 35.5. The quantitative estimate of drug-likeness (QED) is 0.418. The predicted molar refractivity (Wildman–Crippen MR) is 124 cm³/mol. The molecule has 8 nitrogen and oxygen atoms in total. The Kier molecular flexibility index (Phi) is 4.51. The van der Waals surface area contributed by atoms with Gasteiger partial charge in [-0.2, -0.15) is 5.10 Å². The van der Waals surface area contributed by atoms with Gasteiger partial charge in [0.2, 0.25) is 0 Å². The molecule has 6 rings (SSSR count). The molecule has 0 saturated heterocycles. The molecule has 5 aromatic rings. The minimum absolute atomic E-state index is 0.207. The van der Waals surface area contributed by atoms with Crippen LogP contribution in [-0.4, -0.2) is 34.5 Å². The predicted octanol–water partition coefficient (Wildman–Crippen LogP) is 3.86. The molecule has 0 aliphatic heterocycles. The van der Waals surface area contributed by atoms with Gasteiger partial charge in [-0.1, -0.05) is 24.6 Å². The van der Waals surface area contributed by atoms with E-state index in [2.05, 4.69) is 45.1 Å². The summed E-state index contributed by atoms with van der Waals surface area (Å²) in [6.45, 7) is 3.09. The number of rotatable bonds is 6. The zero-order valence-electron chi connectivity index (χ0n) is 18.1. The number of nitrogens with one attached hydrogen (secondary N) is 1. The molecule has 5 heterocycles. The largest absolute Gasteiger partial charge is 0.346 e. The third kappa shape index (κ3) is 3.76. The Morgan fingerprint density at radius 2 is 2.06 bits per heavy atom. The van der Waals surface area contributed by atoms with Gasteiger partial charge in [-0.05, 0) is 42.0 Å². The summed E-state index contributed by atoms with van der Waals surface area (Å²) in [5.41, 5.74) is 5.58. The Morgan fingerprint density at radius 1 is 1.18 bits per heavy atom. The number of nitrogens with zero attached hydrogens (tertiary/aromatic N) is 6. The minimum atomic E-state index is -0.207. The number of imidazole rings is 2. The van der Waals surface area contributed by atoms with Gasteiger partial charge in [0.25, 0.3) is 5.91 Å². The van der Waals surface area contributed by atoms with Crippen LogP contribution >= 0.6 is 11.6 Å². The zero-order chi connectivity index (χ0) is 22.6. The number of hydrogen-bond donors (Lipinski definition) is 1. The number of pyridine rings is 2. The Balaban J connectivity index is 1.14. The van der Waals surface area contributed by atoms with E-state index in [-0.39, 0.29) is 5.91 Å². The average molecular weight is 460 g/mol. The number of carbonyl (C=O) groups excluding carboxylic acids is 1. The lowest BCUT2D eigenvalue weighted by Gasteiger charge is -2.08. The Bertz CT molecular complexity index is 1510. The maximum atomic E-state index is 12.6. The van der Waals surface area contributed by atoms with Gasteiger partial charge in [0.1, 0.15) is 5.65 Å². The molecule has 9 heteroatoms. The summed E-state index contributed by atoms with van der Waals surface area (Å²) in [6, 6.07) is 7.86. The first-order chi connectivity index (χ1) is 16.0. The van der Waals surface area contributed by atoms with Crippen molar-refractivity contribution in [1.29, 1.82) is 0 Å². The zero-order valence-corrected chi connectivity index (χ0v) is 18.8. The van der Waals surface area contributed by atoms with Crippen molar-refractivity contribution in [2.45, 2.75) is 38.3 Å². The van der Waals surface area contributed by atoms with Crippen LogP contribution in [0.1, 0.15) is 47.1 Å². The van der Waals surface area contributed by atoms with Crippen LogP contribution < -0.4 is 5.32 Å². The lowest BCUT2D eigenvalue weighted by molar-refractivity contribution is 0.0950. The monoisotopic (exact) mass is 459 g/mol. The van der Waals surface area contributed by atoms with E-state index in [0.29, 0.717) is 29.1 Å². The van der Waals surface area contributed by atoms with E-state index in [0.717, 1.165) is 22.6 Å². The summed E-state index contributed by atoms with van der Waals surface area (Å²) in [7, 11) is 0. The first kappa shape index (κ1) is 20.0. The van der Waals surface area contributed by atoms with Crippen molar-refractivity contribution >= 4 is 28.7 Å². The van der Waals surface area contributed by atoms with Crippen LogP contribution in [0.5, 0.6) is 0 Å². The van der Waals surface area contributed by atoms with Gasteiger partial charge in [0, 0.05) is 29.8 Å². The van der Waals surface area contributed by atoms with Crippen molar-refractivity contribution < 1.29 is 4.79 Å². The van der Waals surface area contributed by atoms with E-state index < -0.39 is 0 Å². The van der Waals surface area contributed by atoms with E-state index in [1.807, 2.05) is 22.9 Å². The highest BCUT2D eigenvalue weighted by Gasteiger charge is 2.39. The summed E-state index contributed by atoms with van der Waals surface area (Å²) in [5, 5.41) is 7.88. The molecule has 0 spiro atoms. The first-order valence-corrected chi connectivity index (χ1v) is 11.2. The van der Waals surface area contributed by atoms with Crippen molar-refractivity contribution in [2.75, 3.05) is 0 Å². The topological polar surface area (TPSA) is 81.5 Å². The summed E-state index contributed by atoms with van der Waals surface area (Å²) in [5.74, 6) is -0.207. The summed E-state index contributed by atoms with van der Waals surface area (Å²) < 4.78 is 5.67. The summed E-state index contributed by atoms with van der Waals surface area (Å²) in [4.78, 5) is 21.7. The van der Waals surface area contributed by atoms with E-state index in [4.69, 9.17) is 16.6 Å². The molecule has 0 bridgehead atoms. The van der Waals surface area contributed by atoms with Gasteiger partial charge < -0.3 is 14.1 Å². The number of amides is 1. The number of aromatic nitrogens is 6. The lowest BCUT2D eigenvalue weighted by atomic mass is 10.0. The molecule has 0 unspecified atom stereocenters. The molecule has 0 radical (unpaired) electrons. The molecular weight excluding hydrogens is 438 g/mol. The molecule has 1 fully saturated rings. The molecule has 0 aromatic carbocycles. The third-order valence-corrected chi connectivity index (χ3v) is 6.65. The smallest absolute Gasteiger partial charge is 0.254 e. The van der Waals surface area contributed by atoms with Crippen LogP contribution in [0.15, 0.2) is 61.6 Å². The summed E-state index contributed by atoms with van der Waals surface area (Å²) in [6.07, 6.45) is 13.5. The molecule has 1 aliphatic carbocycles. The molecule has 1 amide bonds. The number of carbonyl (C=O) groups is 1. The summed E-state index contributed by atoms with van der Waals surface area (Å²) >= 11 is 6.09. The SMILES string of the molecule is CC1(c2ccc3nc(Cn4cc(C(=O)NCc5ncn6ccc(Cl)cc56)cn4)cn3c2)CC1. The maximum absolute atomic E-state index is 12.6. The molecule has 1 saturated carbocycles. The fraction of sp³-hybridized carbons (Fsp3) is 0.250. The van der Waals surface area contributed by atoms with Crippen molar-refractivity contribution in [2.24, 2.45) is 0 Å². The normalized spacial score (nSPS) is 14.7. The van der Waals surface area contributed by atoms with Crippen LogP contribution in [0.4, 0.5) is 0 Å². The second-order valence-corrected chi connectivity index (χ2v) is 9.35. The van der Waals surface area contributed by atoms with E-state index in [1.165, 1.54) is 18.4 Å². The fourth-order valence-electron chi connectivity index (χ4n) is 4.11. The highest BCUT2D eigenvalue weighted by Crippen LogP contribution is 2.47. The second kappa shape index (κ2) is 7.45. The molecular formula is C24H22ClN7O. The van der Waals surface area contributed by atoms with Crippen LogP contribution in [-0.2, 0) is 18.5 Å². The third-order valence-electron chi connectivity index (χ3n) is 6.41. The van der Waals surface area contributed by atoms with E-state index in [1.54, 1.807) is 29.5 Å².